The van der Waals surface area contributed by atoms with Gasteiger partial charge in [-0.15, -0.1) is 0 Å². The number of aliphatic imine (C=N–C) groups is 1. The number of hydrogen-bond acceptors (Lipinski definition) is 6. The van der Waals surface area contributed by atoms with E-state index in [0.29, 0.717) is 22.9 Å². The van der Waals surface area contributed by atoms with Crippen LogP contribution in [0.3, 0.4) is 0 Å². The number of amides is 2. The Bertz CT molecular complexity index is 1830. The number of halogens is 2. The molecule has 3 aromatic rings. The topological polar surface area (TPSA) is 100 Å². The monoisotopic (exact) mass is 744 g/mol. The molecule has 276 valence electrons. The Morgan fingerprint density at radius 1 is 0.846 bits per heavy atom. The average molecular weight is 746 g/mol. The van der Waals surface area contributed by atoms with Crippen LogP contribution in [0.5, 0.6) is 5.75 Å². The normalized spacial score (nSPS) is 14.4. The van der Waals surface area contributed by atoms with Crippen LogP contribution < -0.4 is 20.3 Å². The third kappa shape index (κ3) is 10.6. The lowest BCUT2D eigenvalue weighted by Crippen LogP contribution is -2.41. The molecular formula is C42H50Cl2N4O4. The van der Waals surface area contributed by atoms with Crippen molar-refractivity contribution in [3.63, 3.8) is 0 Å². The number of unbranched alkanes of at least 4 members (excludes halogenated alkanes) is 3. The van der Waals surface area contributed by atoms with Crippen molar-refractivity contribution >= 4 is 57.9 Å². The Morgan fingerprint density at radius 2 is 1.56 bits per heavy atom. The van der Waals surface area contributed by atoms with Crippen LogP contribution >= 0.6 is 23.2 Å². The molecule has 0 aromatic heterocycles. The molecular weight excluding hydrogens is 695 g/mol. The van der Waals surface area contributed by atoms with Crippen molar-refractivity contribution in [1.82, 2.24) is 10.6 Å². The van der Waals surface area contributed by atoms with Gasteiger partial charge in [0.2, 0.25) is 5.78 Å². The van der Waals surface area contributed by atoms with E-state index in [1.165, 1.54) is 12.2 Å². The number of nitrogens with zero attached hydrogens (tertiary/aromatic N) is 2. The number of nitrogens with one attached hydrogen (secondary N) is 2. The largest absolute Gasteiger partial charge is 0.479 e. The second kappa shape index (κ2) is 18.9. The summed E-state index contributed by atoms with van der Waals surface area (Å²) in [6.45, 7) is 14.5. The molecule has 8 nitrogen and oxygen atoms in total. The van der Waals surface area contributed by atoms with Crippen molar-refractivity contribution in [2.75, 3.05) is 18.0 Å². The molecule has 0 heterocycles. The van der Waals surface area contributed by atoms with E-state index >= 15 is 0 Å². The summed E-state index contributed by atoms with van der Waals surface area (Å²) in [5.41, 5.74) is 3.35. The first-order chi connectivity index (χ1) is 24.9. The van der Waals surface area contributed by atoms with Gasteiger partial charge in [-0.1, -0.05) is 88.4 Å². The average Bonchev–Trinajstić information content (AvgIpc) is 3.13. The standard InChI is InChI=1S/C42H50Cl2N4O4/c1-7-11-12-13-18-39(52-38-24-19-28(25-33(38)44)42(5,6)8-2)41(51)46-35-27-37(49)36(47-40(50)31-16-14-15-17-32(31)43)26-34(35)45-29-20-22-30(23-21-29)48(9-3)10-4/h14-17,19-27,39H,7-13,18H2,1-6H3,(H,46,51)(H,47,50). The number of allylic oxidation sites excluding steroid dienone is 2. The fourth-order valence-corrected chi connectivity index (χ4v) is 6.19. The Labute approximate surface area is 318 Å². The van der Waals surface area contributed by atoms with Crippen LogP contribution in [0.25, 0.3) is 0 Å². The smallest absolute Gasteiger partial charge is 0.265 e. The number of anilines is 1. The lowest BCUT2D eigenvalue weighted by Gasteiger charge is -2.25. The minimum absolute atomic E-state index is 0.00401. The van der Waals surface area contributed by atoms with Gasteiger partial charge in [-0.2, -0.15) is 0 Å². The highest BCUT2D eigenvalue weighted by Crippen LogP contribution is 2.34. The van der Waals surface area contributed by atoms with Crippen molar-refractivity contribution in [3.8, 4) is 5.75 Å². The maximum absolute atomic E-state index is 14.0. The first kappa shape index (κ1) is 40.4. The summed E-state index contributed by atoms with van der Waals surface area (Å²) in [5.74, 6) is -1.08. The second-order valence-corrected chi connectivity index (χ2v) is 14.2. The van der Waals surface area contributed by atoms with E-state index in [4.69, 9.17) is 32.9 Å². The third-order valence-electron chi connectivity index (χ3n) is 9.43. The molecule has 1 atom stereocenters. The van der Waals surface area contributed by atoms with Gasteiger partial charge in [0.15, 0.2) is 6.10 Å². The molecule has 10 heteroatoms. The maximum Gasteiger partial charge on any atom is 0.265 e. The molecule has 1 aliphatic rings. The summed E-state index contributed by atoms with van der Waals surface area (Å²) in [4.78, 5) is 47.7. The Kier molecular flexibility index (Phi) is 14.7. The number of rotatable bonds is 17. The molecule has 4 rings (SSSR count). The number of hydrogen-bond donors (Lipinski definition) is 2. The fourth-order valence-electron chi connectivity index (χ4n) is 5.75. The minimum atomic E-state index is -0.893. The van der Waals surface area contributed by atoms with Crippen LogP contribution in [0, 0.1) is 0 Å². The summed E-state index contributed by atoms with van der Waals surface area (Å²) >= 11 is 13.0. The zero-order valence-electron chi connectivity index (χ0n) is 31.0. The number of benzene rings is 3. The first-order valence-corrected chi connectivity index (χ1v) is 18.9. The molecule has 2 N–H and O–H groups in total. The van der Waals surface area contributed by atoms with Gasteiger partial charge >= 0.3 is 0 Å². The Balaban J connectivity index is 1.66. The van der Waals surface area contributed by atoms with Crippen LogP contribution in [0.1, 0.15) is 96.0 Å². The van der Waals surface area contributed by atoms with Gasteiger partial charge in [-0.05, 0) is 98.7 Å². The van der Waals surface area contributed by atoms with Gasteiger partial charge < -0.3 is 20.3 Å². The summed E-state index contributed by atoms with van der Waals surface area (Å²) < 4.78 is 6.32. The number of ether oxygens (including phenoxy) is 1. The molecule has 0 saturated carbocycles. The van der Waals surface area contributed by atoms with Gasteiger partial charge in [0.05, 0.1) is 38.4 Å². The maximum atomic E-state index is 14.0. The van der Waals surface area contributed by atoms with E-state index in [1.807, 2.05) is 42.5 Å². The molecule has 0 aliphatic heterocycles. The predicted molar refractivity (Wildman–Crippen MR) is 213 cm³/mol. The quantitative estimate of drug-likeness (QED) is 0.106. The van der Waals surface area contributed by atoms with E-state index in [9.17, 15) is 14.4 Å². The molecule has 2 amide bonds. The number of carbonyl (C=O) groups is 3. The third-order valence-corrected chi connectivity index (χ3v) is 10.1. The van der Waals surface area contributed by atoms with E-state index in [1.54, 1.807) is 24.3 Å². The van der Waals surface area contributed by atoms with Crippen molar-refractivity contribution in [1.29, 1.82) is 0 Å². The highest BCUT2D eigenvalue weighted by molar-refractivity contribution is 6.34. The molecule has 3 aromatic carbocycles. The summed E-state index contributed by atoms with van der Waals surface area (Å²) in [5, 5.41) is 6.28. The minimum Gasteiger partial charge on any atom is -0.479 e. The van der Waals surface area contributed by atoms with Gasteiger partial charge in [0.25, 0.3) is 11.8 Å². The predicted octanol–water partition coefficient (Wildman–Crippen LogP) is 9.91. The van der Waals surface area contributed by atoms with Crippen LogP contribution in [-0.4, -0.2) is 42.5 Å². The van der Waals surface area contributed by atoms with E-state index in [0.717, 1.165) is 56.4 Å². The fraction of sp³-hybridized carbons (Fsp3) is 0.381. The van der Waals surface area contributed by atoms with Crippen LogP contribution in [0.2, 0.25) is 10.0 Å². The van der Waals surface area contributed by atoms with E-state index < -0.39 is 23.7 Å². The van der Waals surface area contributed by atoms with Gasteiger partial charge in [-0.3, -0.25) is 14.4 Å². The molecule has 0 bridgehead atoms. The highest BCUT2D eigenvalue weighted by Gasteiger charge is 2.28. The summed E-state index contributed by atoms with van der Waals surface area (Å²) in [7, 11) is 0. The zero-order chi connectivity index (χ0) is 37.8. The van der Waals surface area contributed by atoms with Crippen LogP contribution in [-0.2, 0) is 15.0 Å². The van der Waals surface area contributed by atoms with Gasteiger partial charge in [0, 0.05) is 24.9 Å². The number of carbonyl (C=O) groups excluding carboxylic acids is 3. The number of ketones is 1. The summed E-state index contributed by atoms with van der Waals surface area (Å²) in [6.07, 6.45) is 7.01. The molecule has 0 fully saturated rings. The molecule has 1 aliphatic carbocycles. The Hall–Kier alpha value is -4.40. The second-order valence-electron chi connectivity index (χ2n) is 13.4. The lowest BCUT2D eigenvalue weighted by molar-refractivity contribution is -0.127. The van der Waals surface area contributed by atoms with Crippen molar-refractivity contribution in [3.05, 3.63) is 111 Å². The van der Waals surface area contributed by atoms with E-state index in [-0.39, 0.29) is 33.1 Å². The lowest BCUT2D eigenvalue weighted by atomic mass is 9.82. The van der Waals surface area contributed by atoms with Crippen molar-refractivity contribution < 1.29 is 19.1 Å². The molecule has 0 radical (unpaired) electrons. The van der Waals surface area contributed by atoms with Crippen molar-refractivity contribution in [2.24, 2.45) is 4.99 Å². The molecule has 1 unspecified atom stereocenters. The van der Waals surface area contributed by atoms with Gasteiger partial charge in [0.1, 0.15) is 5.75 Å². The SMILES string of the molecule is CCCCCCC(Oc1ccc(C(C)(C)CC)cc1Cl)C(=O)NC1=CC(=O)C(NC(=O)c2ccccc2Cl)=CC1=Nc1ccc(N(CC)CC)cc1. The van der Waals surface area contributed by atoms with Crippen LogP contribution in [0.15, 0.2) is 95.3 Å². The van der Waals surface area contributed by atoms with Gasteiger partial charge in [-0.25, -0.2) is 4.99 Å². The zero-order valence-corrected chi connectivity index (χ0v) is 32.5. The highest BCUT2D eigenvalue weighted by atomic mass is 35.5. The summed E-state index contributed by atoms with van der Waals surface area (Å²) in [6, 6.07) is 20.0. The van der Waals surface area contributed by atoms with Crippen LogP contribution in [0.4, 0.5) is 11.4 Å². The molecule has 0 saturated heterocycles. The van der Waals surface area contributed by atoms with Crippen molar-refractivity contribution in [2.45, 2.75) is 91.6 Å². The Morgan fingerprint density at radius 3 is 2.19 bits per heavy atom. The van der Waals surface area contributed by atoms with E-state index in [2.05, 4.69) is 57.1 Å². The molecule has 52 heavy (non-hydrogen) atoms. The molecule has 0 spiro atoms. The first-order valence-electron chi connectivity index (χ1n) is 18.2.